The highest BCUT2D eigenvalue weighted by Crippen LogP contribution is 2.15. The fourth-order valence-corrected chi connectivity index (χ4v) is 2.21. The maximum atomic E-state index is 12.0. The zero-order chi connectivity index (χ0) is 14.5. The minimum Gasteiger partial charge on any atom is -0.444 e. The summed E-state index contributed by atoms with van der Waals surface area (Å²) in [5, 5.41) is 3.52. The maximum Gasteiger partial charge on any atom is 0.410 e. The van der Waals surface area contributed by atoms with E-state index < -0.39 is 5.60 Å². The number of likely N-dealkylation sites (tertiary alicyclic amines) is 1. The number of nitrogens with zero attached hydrogens (tertiary/aromatic N) is 1. The van der Waals surface area contributed by atoms with Crippen molar-refractivity contribution >= 4 is 6.09 Å². The summed E-state index contributed by atoms with van der Waals surface area (Å²) in [5.74, 6) is 0. The van der Waals surface area contributed by atoms with Gasteiger partial charge in [0.15, 0.2) is 0 Å². The number of hydrogen-bond donors (Lipinski definition) is 1. The Hall–Kier alpha value is -1.03. The third-order valence-electron chi connectivity index (χ3n) is 3.23. The van der Waals surface area contributed by atoms with Gasteiger partial charge in [0.05, 0.1) is 0 Å². The first-order chi connectivity index (χ1) is 8.81. The molecule has 0 aromatic carbocycles. The highest BCUT2D eigenvalue weighted by Gasteiger charge is 2.25. The third-order valence-corrected chi connectivity index (χ3v) is 3.23. The van der Waals surface area contributed by atoms with Crippen LogP contribution in [0.1, 0.15) is 47.0 Å². The molecule has 0 aliphatic carbocycles. The summed E-state index contributed by atoms with van der Waals surface area (Å²) in [6, 6.07) is 0.776. The molecule has 0 saturated carbocycles. The Morgan fingerprint density at radius 2 is 2.11 bits per heavy atom. The second-order valence-electron chi connectivity index (χ2n) is 6.29. The number of ether oxygens (including phenoxy) is 1. The van der Waals surface area contributed by atoms with Crippen molar-refractivity contribution < 1.29 is 9.53 Å². The third kappa shape index (κ3) is 6.10. The summed E-state index contributed by atoms with van der Waals surface area (Å²) in [7, 11) is 0. The molecule has 1 aliphatic rings. The molecule has 1 rings (SSSR count). The highest BCUT2D eigenvalue weighted by molar-refractivity contribution is 5.68. The molecule has 1 amide bonds. The lowest BCUT2D eigenvalue weighted by atomic mass is 10.1. The maximum absolute atomic E-state index is 12.0. The molecule has 1 aliphatic heterocycles. The Kier molecular flexibility index (Phi) is 5.85. The zero-order valence-corrected chi connectivity index (χ0v) is 12.7. The SMILES string of the molecule is C=C[C@@H](C)N[C@H]1CCCN(C(=O)OC(C)(C)C)CC1. The van der Waals surface area contributed by atoms with Gasteiger partial charge < -0.3 is 15.0 Å². The Labute approximate surface area is 117 Å². The van der Waals surface area contributed by atoms with Gasteiger partial charge >= 0.3 is 6.09 Å². The van der Waals surface area contributed by atoms with Crippen LogP contribution in [0.15, 0.2) is 12.7 Å². The Balaban J connectivity index is 2.45. The van der Waals surface area contributed by atoms with Gasteiger partial charge in [-0.1, -0.05) is 6.08 Å². The molecule has 0 radical (unpaired) electrons. The summed E-state index contributed by atoms with van der Waals surface area (Å²) in [6.07, 6.45) is 4.80. The topological polar surface area (TPSA) is 41.6 Å². The van der Waals surface area contributed by atoms with Gasteiger partial charge in [-0.25, -0.2) is 4.79 Å². The van der Waals surface area contributed by atoms with Gasteiger partial charge in [0, 0.05) is 25.2 Å². The number of nitrogens with one attached hydrogen (secondary N) is 1. The highest BCUT2D eigenvalue weighted by atomic mass is 16.6. The molecule has 110 valence electrons. The molecule has 0 bridgehead atoms. The van der Waals surface area contributed by atoms with Gasteiger partial charge in [0.1, 0.15) is 5.60 Å². The minimum absolute atomic E-state index is 0.190. The lowest BCUT2D eigenvalue weighted by Gasteiger charge is -2.26. The van der Waals surface area contributed by atoms with E-state index in [1.807, 2.05) is 31.7 Å². The number of hydrogen-bond acceptors (Lipinski definition) is 3. The summed E-state index contributed by atoms with van der Waals surface area (Å²) in [5.41, 5.74) is -0.418. The summed E-state index contributed by atoms with van der Waals surface area (Å²) in [4.78, 5) is 13.8. The fraction of sp³-hybridized carbons (Fsp3) is 0.800. The lowest BCUT2D eigenvalue weighted by Crippen LogP contribution is -2.39. The van der Waals surface area contributed by atoms with Crippen LogP contribution in [0.25, 0.3) is 0 Å². The number of amides is 1. The van der Waals surface area contributed by atoms with E-state index in [0.29, 0.717) is 12.1 Å². The summed E-state index contributed by atoms with van der Waals surface area (Å²) in [6.45, 7) is 13.1. The molecule has 4 nitrogen and oxygen atoms in total. The van der Waals surface area contributed by atoms with Crippen molar-refractivity contribution in [3.8, 4) is 0 Å². The van der Waals surface area contributed by atoms with Crippen LogP contribution < -0.4 is 5.32 Å². The van der Waals surface area contributed by atoms with Crippen LogP contribution in [-0.2, 0) is 4.74 Å². The van der Waals surface area contributed by atoms with Crippen LogP contribution in [0.5, 0.6) is 0 Å². The first kappa shape index (κ1) is 16.0. The van der Waals surface area contributed by atoms with E-state index >= 15 is 0 Å². The number of carbonyl (C=O) groups is 1. The second kappa shape index (κ2) is 6.94. The standard InChI is InChI=1S/C15H28N2O2/c1-6-12(2)16-13-8-7-10-17(11-9-13)14(18)19-15(3,4)5/h6,12-13,16H,1,7-11H2,2-5H3/t12-,13+/m1/s1. The average Bonchev–Trinajstić information content (AvgIpc) is 2.52. The van der Waals surface area contributed by atoms with E-state index in [1.165, 1.54) is 0 Å². The van der Waals surface area contributed by atoms with Crippen LogP contribution in [0.3, 0.4) is 0 Å². The van der Waals surface area contributed by atoms with Crippen LogP contribution in [0, 0.1) is 0 Å². The molecule has 4 heteroatoms. The molecular formula is C15H28N2O2. The molecule has 2 atom stereocenters. The fourth-order valence-electron chi connectivity index (χ4n) is 2.21. The molecule has 1 fully saturated rings. The Bertz CT molecular complexity index is 310. The van der Waals surface area contributed by atoms with Gasteiger partial charge in [0.2, 0.25) is 0 Å². The van der Waals surface area contributed by atoms with Crippen molar-refractivity contribution in [3.63, 3.8) is 0 Å². The molecule has 19 heavy (non-hydrogen) atoms. The number of rotatable bonds is 3. The number of carbonyl (C=O) groups excluding carboxylic acids is 1. The van der Waals surface area contributed by atoms with Gasteiger partial charge in [0.25, 0.3) is 0 Å². The zero-order valence-electron chi connectivity index (χ0n) is 12.7. The minimum atomic E-state index is -0.418. The average molecular weight is 268 g/mol. The van der Waals surface area contributed by atoms with Crippen molar-refractivity contribution in [2.24, 2.45) is 0 Å². The van der Waals surface area contributed by atoms with Crippen molar-refractivity contribution in [2.45, 2.75) is 64.6 Å². The van der Waals surface area contributed by atoms with Gasteiger partial charge in [-0.2, -0.15) is 0 Å². The van der Waals surface area contributed by atoms with Crippen molar-refractivity contribution in [1.29, 1.82) is 0 Å². The Morgan fingerprint density at radius 3 is 2.68 bits per heavy atom. The monoisotopic (exact) mass is 268 g/mol. The van der Waals surface area contributed by atoms with E-state index in [4.69, 9.17) is 4.74 Å². The molecule has 0 aromatic heterocycles. The van der Waals surface area contributed by atoms with Crippen molar-refractivity contribution in [2.75, 3.05) is 13.1 Å². The summed E-state index contributed by atoms with van der Waals surface area (Å²) >= 11 is 0. The quantitative estimate of drug-likeness (QED) is 0.800. The van der Waals surface area contributed by atoms with Crippen LogP contribution in [0.4, 0.5) is 4.79 Å². The predicted octanol–water partition coefficient (Wildman–Crippen LogP) is 2.94. The normalized spacial score (nSPS) is 22.5. The molecule has 0 aromatic rings. The lowest BCUT2D eigenvalue weighted by molar-refractivity contribution is 0.0256. The molecule has 1 N–H and O–H groups in total. The molecule has 1 saturated heterocycles. The van der Waals surface area contributed by atoms with Crippen LogP contribution in [0.2, 0.25) is 0 Å². The van der Waals surface area contributed by atoms with E-state index in [1.54, 1.807) is 0 Å². The van der Waals surface area contributed by atoms with E-state index in [2.05, 4.69) is 18.8 Å². The van der Waals surface area contributed by atoms with Crippen molar-refractivity contribution in [1.82, 2.24) is 10.2 Å². The van der Waals surface area contributed by atoms with Crippen LogP contribution in [-0.4, -0.2) is 41.8 Å². The molecule has 0 spiro atoms. The molecule has 0 unspecified atom stereocenters. The largest absolute Gasteiger partial charge is 0.444 e. The predicted molar refractivity (Wildman–Crippen MR) is 78.2 cm³/mol. The summed E-state index contributed by atoms with van der Waals surface area (Å²) < 4.78 is 5.42. The van der Waals surface area contributed by atoms with Crippen LogP contribution >= 0.6 is 0 Å². The smallest absolute Gasteiger partial charge is 0.410 e. The second-order valence-corrected chi connectivity index (χ2v) is 6.29. The molecular weight excluding hydrogens is 240 g/mol. The van der Waals surface area contributed by atoms with Gasteiger partial charge in [-0.15, -0.1) is 6.58 Å². The van der Waals surface area contributed by atoms with Gasteiger partial charge in [-0.3, -0.25) is 0 Å². The Morgan fingerprint density at radius 1 is 1.42 bits per heavy atom. The van der Waals surface area contributed by atoms with E-state index in [0.717, 1.165) is 32.4 Å². The van der Waals surface area contributed by atoms with Gasteiger partial charge in [-0.05, 0) is 47.0 Å². The molecule has 1 heterocycles. The first-order valence-corrected chi connectivity index (χ1v) is 7.18. The first-order valence-electron chi connectivity index (χ1n) is 7.18. The van der Waals surface area contributed by atoms with E-state index in [9.17, 15) is 4.79 Å². The van der Waals surface area contributed by atoms with E-state index in [-0.39, 0.29) is 6.09 Å². The van der Waals surface area contributed by atoms with Crippen molar-refractivity contribution in [3.05, 3.63) is 12.7 Å².